The number of ether oxygens (including phenoxy) is 2. The first kappa shape index (κ1) is 24.3. The molecule has 1 heterocycles. The van der Waals surface area contributed by atoms with Crippen LogP contribution < -0.4 is 10.1 Å². The van der Waals surface area contributed by atoms with E-state index < -0.39 is 5.97 Å². The Morgan fingerprint density at radius 2 is 1.76 bits per heavy atom. The van der Waals surface area contributed by atoms with Gasteiger partial charge in [0, 0.05) is 16.5 Å². The molecule has 0 saturated heterocycles. The number of aryl methyl sites for hydroxylation is 1. The average Bonchev–Trinajstić information content (AvgIpc) is 3.15. The minimum Gasteiger partial charge on any atom is -0.494 e. The van der Waals surface area contributed by atoms with Gasteiger partial charge in [-0.2, -0.15) is 0 Å². The first-order chi connectivity index (χ1) is 16.0. The van der Waals surface area contributed by atoms with E-state index in [4.69, 9.17) is 9.47 Å². The van der Waals surface area contributed by atoms with Gasteiger partial charge in [-0.1, -0.05) is 55.8 Å². The SMILES string of the molecule is CCCCOc1ccc(C=CC(=O)Nc2sc(C)c(-c3ccccc3)c2C(=O)OCC)cc1. The maximum absolute atomic E-state index is 12.8. The van der Waals surface area contributed by atoms with Crippen LogP contribution in [0, 0.1) is 6.92 Å². The number of hydrogen-bond donors (Lipinski definition) is 1. The van der Waals surface area contributed by atoms with Gasteiger partial charge < -0.3 is 14.8 Å². The summed E-state index contributed by atoms with van der Waals surface area (Å²) in [6.07, 6.45) is 5.29. The van der Waals surface area contributed by atoms with E-state index in [2.05, 4.69) is 12.2 Å². The van der Waals surface area contributed by atoms with Crippen LogP contribution in [0.1, 0.15) is 47.5 Å². The number of anilines is 1. The summed E-state index contributed by atoms with van der Waals surface area (Å²) < 4.78 is 11.0. The summed E-state index contributed by atoms with van der Waals surface area (Å²) in [6.45, 7) is 6.78. The molecule has 1 N–H and O–H groups in total. The lowest BCUT2D eigenvalue weighted by Crippen LogP contribution is -2.12. The van der Waals surface area contributed by atoms with Crippen LogP contribution in [0.3, 0.4) is 0 Å². The Morgan fingerprint density at radius 3 is 2.42 bits per heavy atom. The molecule has 0 spiro atoms. The number of benzene rings is 2. The summed E-state index contributed by atoms with van der Waals surface area (Å²) in [6, 6.07) is 17.2. The Balaban J connectivity index is 1.77. The van der Waals surface area contributed by atoms with E-state index in [1.807, 2.05) is 61.5 Å². The maximum atomic E-state index is 12.8. The van der Waals surface area contributed by atoms with Gasteiger partial charge in [0.2, 0.25) is 5.91 Å². The lowest BCUT2D eigenvalue weighted by molar-refractivity contribution is -0.111. The number of carbonyl (C=O) groups excluding carboxylic acids is 2. The fourth-order valence-electron chi connectivity index (χ4n) is 3.32. The maximum Gasteiger partial charge on any atom is 0.341 e. The lowest BCUT2D eigenvalue weighted by atomic mass is 10.0. The summed E-state index contributed by atoms with van der Waals surface area (Å²) in [4.78, 5) is 26.3. The lowest BCUT2D eigenvalue weighted by Gasteiger charge is -2.08. The van der Waals surface area contributed by atoms with Crippen molar-refractivity contribution in [2.24, 2.45) is 0 Å². The third kappa shape index (κ3) is 6.56. The van der Waals surface area contributed by atoms with Gasteiger partial charge in [-0.25, -0.2) is 4.79 Å². The number of hydrogen-bond acceptors (Lipinski definition) is 5. The molecule has 3 aromatic rings. The number of amides is 1. The van der Waals surface area contributed by atoms with Crippen molar-refractivity contribution in [2.75, 3.05) is 18.5 Å². The van der Waals surface area contributed by atoms with Crippen molar-refractivity contribution in [1.82, 2.24) is 0 Å². The van der Waals surface area contributed by atoms with Crippen molar-refractivity contribution in [2.45, 2.75) is 33.6 Å². The van der Waals surface area contributed by atoms with Crippen LogP contribution in [-0.2, 0) is 9.53 Å². The number of nitrogens with one attached hydrogen (secondary N) is 1. The van der Waals surface area contributed by atoms with Crippen molar-refractivity contribution in [3.63, 3.8) is 0 Å². The standard InChI is InChI=1S/C27H29NO4S/c1-4-6-18-32-22-15-12-20(13-16-22)14-17-23(29)28-26-25(27(30)31-5-2)24(19(3)33-26)21-10-8-7-9-11-21/h7-17H,4-6,18H2,1-3H3,(H,28,29). The average molecular weight is 464 g/mol. The third-order valence-corrected chi connectivity index (χ3v) is 5.96. The van der Waals surface area contributed by atoms with Crippen LogP contribution in [0.2, 0.25) is 0 Å². The summed E-state index contributed by atoms with van der Waals surface area (Å²) in [5, 5.41) is 3.35. The van der Waals surface area contributed by atoms with Crippen molar-refractivity contribution in [1.29, 1.82) is 0 Å². The highest BCUT2D eigenvalue weighted by Crippen LogP contribution is 2.40. The van der Waals surface area contributed by atoms with Gasteiger partial charge in [0.25, 0.3) is 0 Å². The van der Waals surface area contributed by atoms with Gasteiger partial charge in [0.05, 0.1) is 13.2 Å². The van der Waals surface area contributed by atoms with Crippen molar-refractivity contribution in [3.8, 4) is 16.9 Å². The van der Waals surface area contributed by atoms with Crippen molar-refractivity contribution < 1.29 is 19.1 Å². The van der Waals surface area contributed by atoms with E-state index in [0.29, 0.717) is 17.2 Å². The molecule has 0 aliphatic rings. The van der Waals surface area contributed by atoms with Crippen LogP contribution in [0.5, 0.6) is 5.75 Å². The minimum absolute atomic E-state index is 0.257. The highest BCUT2D eigenvalue weighted by atomic mass is 32.1. The molecule has 3 rings (SSSR count). The van der Waals surface area contributed by atoms with E-state index in [9.17, 15) is 9.59 Å². The highest BCUT2D eigenvalue weighted by molar-refractivity contribution is 7.17. The topological polar surface area (TPSA) is 64.6 Å². The van der Waals surface area contributed by atoms with Crippen LogP contribution in [0.25, 0.3) is 17.2 Å². The molecule has 1 amide bonds. The zero-order valence-corrected chi connectivity index (χ0v) is 20.0. The molecule has 0 atom stereocenters. The predicted molar refractivity (Wildman–Crippen MR) is 135 cm³/mol. The summed E-state index contributed by atoms with van der Waals surface area (Å²) in [5.41, 5.74) is 2.97. The largest absolute Gasteiger partial charge is 0.494 e. The van der Waals surface area contributed by atoms with Gasteiger partial charge >= 0.3 is 5.97 Å². The van der Waals surface area contributed by atoms with E-state index >= 15 is 0 Å². The molecule has 5 nitrogen and oxygen atoms in total. The van der Waals surface area contributed by atoms with Crippen LogP contribution >= 0.6 is 11.3 Å². The Kier molecular flexibility index (Phi) is 8.84. The second kappa shape index (κ2) is 12.0. The van der Waals surface area contributed by atoms with E-state index in [1.165, 1.54) is 17.4 Å². The number of unbranched alkanes of at least 4 members (excludes halogenated alkanes) is 1. The van der Waals surface area contributed by atoms with Gasteiger partial charge in [0.1, 0.15) is 16.3 Å². The Hall–Kier alpha value is -3.38. The summed E-state index contributed by atoms with van der Waals surface area (Å²) in [7, 11) is 0. The number of rotatable bonds is 10. The van der Waals surface area contributed by atoms with E-state index in [-0.39, 0.29) is 12.5 Å². The van der Waals surface area contributed by atoms with Gasteiger partial charge in [-0.3, -0.25) is 4.79 Å². The van der Waals surface area contributed by atoms with Crippen LogP contribution in [-0.4, -0.2) is 25.1 Å². The van der Waals surface area contributed by atoms with Gasteiger partial charge in [-0.15, -0.1) is 11.3 Å². The molecule has 0 saturated carbocycles. The van der Waals surface area contributed by atoms with Gasteiger partial charge in [-0.05, 0) is 49.6 Å². The highest BCUT2D eigenvalue weighted by Gasteiger charge is 2.25. The van der Waals surface area contributed by atoms with Crippen molar-refractivity contribution in [3.05, 3.63) is 76.7 Å². The van der Waals surface area contributed by atoms with Crippen LogP contribution in [0.4, 0.5) is 5.00 Å². The molecule has 0 aliphatic carbocycles. The minimum atomic E-state index is -0.446. The molecule has 2 aromatic carbocycles. The Morgan fingerprint density at radius 1 is 1.03 bits per heavy atom. The normalized spacial score (nSPS) is 10.9. The van der Waals surface area contributed by atoms with E-state index in [0.717, 1.165) is 40.2 Å². The quantitative estimate of drug-likeness (QED) is 0.206. The molecule has 0 aliphatic heterocycles. The molecule has 0 radical (unpaired) electrons. The Labute approximate surface area is 199 Å². The van der Waals surface area contributed by atoms with Crippen LogP contribution in [0.15, 0.2) is 60.7 Å². The zero-order chi connectivity index (χ0) is 23.6. The molecule has 172 valence electrons. The molecular weight excluding hydrogens is 434 g/mol. The monoisotopic (exact) mass is 463 g/mol. The second-order valence-electron chi connectivity index (χ2n) is 7.42. The molecule has 0 bridgehead atoms. The molecule has 0 unspecified atom stereocenters. The first-order valence-electron chi connectivity index (χ1n) is 11.1. The first-order valence-corrected chi connectivity index (χ1v) is 11.9. The fraction of sp³-hybridized carbons (Fsp3) is 0.259. The fourth-order valence-corrected chi connectivity index (χ4v) is 4.39. The molecule has 33 heavy (non-hydrogen) atoms. The predicted octanol–water partition coefficient (Wildman–Crippen LogP) is 6.73. The smallest absolute Gasteiger partial charge is 0.341 e. The number of carbonyl (C=O) groups is 2. The summed E-state index contributed by atoms with van der Waals surface area (Å²) >= 11 is 1.37. The van der Waals surface area contributed by atoms with Crippen molar-refractivity contribution >= 4 is 34.3 Å². The molecular formula is C27H29NO4S. The third-order valence-electron chi connectivity index (χ3n) is 4.94. The van der Waals surface area contributed by atoms with E-state index in [1.54, 1.807) is 13.0 Å². The second-order valence-corrected chi connectivity index (χ2v) is 8.64. The molecule has 6 heteroatoms. The van der Waals surface area contributed by atoms with Gasteiger partial charge in [0.15, 0.2) is 0 Å². The summed E-state index contributed by atoms with van der Waals surface area (Å²) in [5.74, 6) is 0.0509. The number of thiophene rings is 1. The molecule has 1 aromatic heterocycles. The number of esters is 1. The Bertz CT molecular complexity index is 1100. The molecule has 0 fully saturated rings. The zero-order valence-electron chi connectivity index (χ0n) is 19.2.